The first kappa shape index (κ1) is 62.6. The SMILES string of the molecule is Cc1ncsc1-c1ccc(CNC(=O)[C@@H]2C[C@@H](O)CN2C(=O)[C@@H](CC(=O)COCCOCCOCCOCCOCC(=O)N[C@H](C(=O)N2C[C@H](O)C[C@H]2C(=O)NCc2ccc(-c3scnc3C)cc2)C(C)(C)C)C(C)(C)C)cc1. The van der Waals surface area contributed by atoms with Gasteiger partial charge in [0.05, 0.1) is 97.2 Å². The van der Waals surface area contributed by atoms with E-state index in [9.17, 15) is 39.0 Å². The summed E-state index contributed by atoms with van der Waals surface area (Å²) in [5.41, 5.74) is 8.03. The summed E-state index contributed by atoms with van der Waals surface area (Å²) < 4.78 is 27.8. The van der Waals surface area contributed by atoms with Crippen molar-refractivity contribution in [2.45, 2.75) is 118 Å². The highest BCUT2D eigenvalue weighted by Crippen LogP contribution is 2.34. The predicted molar refractivity (Wildman–Crippen MR) is 299 cm³/mol. The number of aryl methyl sites for hydroxylation is 2. The van der Waals surface area contributed by atoms with Crippen LogP contribution in [0, 0.1) is 30.6 Å². The van der Waals surface area contributed by atoms with Gasteiger partial charge in [0.2, 0.25) is 29.5 Å². The Morgan fingerprint density at radius 1 is 0.595 bits per heavy atom. The number of amides is 5. The lowest BCUT2D eigenvalue weighted by Gasteiger charge is -2.35. The molecule has 0 unspecified atom stereocenters. The number of carbonyl (C=O) groups excluding carboxylic acids is 6. The Labute approximate surface area is 471 Å². The fourth-order valence-corrected chi connectivity index (χ4v) is 11.0. The van der Waals surface area contributed by atoms with Crippen LogP contribution in [-0.4, -0.2) is 175 Å². The van der Waals surface area contributed by atoms with Crippen LogP contribution in [0.15, 0.2) is 59.6 Å². The third kappa shape index (κ3) is 18.8. The molecule has 2 aliphatic heterocycles. The van der Waals surface area contributed by atoms with Crippen LogP contribution in [-0.2, 0) is 65.5 Å². The molecule has 2 saturated heterocycles. The van der Waals surface area contributed by atoms with Gasteiger partial charge in [-0.05, 0) is 46.9 Å². The highest BCUT2D eigenvalue weighted by Gasteiger charge is 2.46. The molecule has 2 aromatic heterocycles. The van der Waals surface area contributed by atoms with Crippen molar-refractivity contribution in [1.29, 1.82) is 0 Å². The molecule has 20 nitrogen and oxygen atoms in total. The number of nitrogens with one attached hydrogen (secondary N) is 3. The molecule has 0 saturated carbocycles. The summed E-state index contributed by atoms with van der Waals surface area (Å²) in [5.74, 6) is -3.10. The smallest absolute Gasteiger partial charge is 0.246 e. The van der Waals surface area contributed by atoms with Gasteiger partial charge in [-0.1, -0.05) is 90.1 Å². The Morgan fingerprint density at radius 2 is 1.00 bits per heavy atom. The van der Waals surface area contributed by atoms with Gasteiger partial charge in [0.25, 0.3) is 0 Å². The number of benzene rings is 2. The fourth-order valence-electron chi connectivity index (χ4n) is 9.33. The van der Waals surface area contributed by atoms with E-state index < -0.39 is 58.9 Å². The average Bonchev–Trinajstić information content (AvgIpc) is 4.28. The number of aliphatic hydroxyl groups excluding tert-OH is 2. The minimum atomic E-state index is -0.992. The molecule has 0 radical (unpaired) electrons. The molecule has 2 aliphatic rings. The van der Waals surface area contributed by atoms with Crippen LogP contribution in [0.25, 0.3) is 20.9 Å². The number of ether oxygens (including phenoxy) is 5. The first-order valence-electron chi connectivity index (χ1n) is 26.8. The van der Waals surface area contributed by atoms with Gasteiger partial charge in [-0.15, -0.1) is 22.7 Å². The number of Topliss-reactive ketones (excluding diaryl/α,β-unsaturated/α-hetero) is 1. The molecule has 0 aliphatic carbocycles. The van der Waals surface area contributed by atoms with Crippen LogP contribution < -0.4 is 16.0 Å². The number of aromatic nitrogens is 2. The summed E-state index contributed by atoms with van der Waals surface area (Å²) in [6.07, 6.45) is -1.66. The van der Waals surface area contributed by atoms with Gasteiger partial charge in [0, 0.05) is 51.4 Å². The van der Waals surface area contributed by atoms with Crippen molar-refractivity contribution < 1.29 is 62.7 Å². The van der Waals surface area contributed by atoms with Crippen LogP contribution in [0.2, 0.25) is 0 Å². The van der Waals surface area contributed by atoms with E-state index in [-0.39, 0.29) is 135 Å². The monoisotopic (exact) mass is 1130 g/mol. The number of aliphatic hydroxyl groups is 2. The van der Waals surface area contributed by atoms with Gasteiger partial charge >= 0.3 is 0 Å². The molecule has 2 fully saturated rings. The minimum absolute atomic E-state index is 0.00108. The molecule has 4 heterocycles. The number of hydrogen-bond acceptors (Lipinski definition) is 17. The molecular weight excluding hydrogens is 1050 g/mol. The van der Waals surface area contributed by atoms with E-state index in [1.54, 1.807) is 33.7 Å². The summed E-state index contributed by atoms with van der Waals surface area (Å²) in [4.78, 5) is 94.5. The molecule has 5 amide bonds. The average molecular weight is 1130 g/mol. The van der Waals surface area contributed by atoms with Crippen molar-refractivity contribution in [2.24, 2.45) is 16.7 Å². The summed E-state index contributed by atoms with van der Waals surface area (Å²) in [7, 11) is 0. The number of ketones is 1. The third-order valence-electron chi connectivity index (χ3n) is 13.8. The second-order valence-electron chi connectivity index (χ2n) is 22.1. The Bertz CT molecular complexity index is 2450. The van der Waals surface area contributed by atoms with Crippen molar-refractivity contribution >= 4 is 58.0 Å². The highest BCUT2D eigenvalue weighted by atomic mass is 32.1. The van der Waals surface area contributed by atoms with Gasteiger partial charge in [-0.2, -0.15) is 0 Å². The van der Waals surface area contributed by atoms with E-state index in [4.69, 9.17) is 23.7 Å². The van der Waals surface area contributed by atoms with E-state index in [0.29, 0.717) is 0 Å². The number of nitrogens with zero attached hydrogens (tertiary/aromatic N) is 4. The number of carbonyl (C=O) groups is 6. The van der Waals surface area contributed by atoms with Crippen molar-refractivity contribution in [3.05, 3.63) is 82.1 Å². The lowest BCUT2D eigenvalue weighted by Crippen LogP contribution is -2.58. The van der Waals surface area contributed by atoms with E-state index in [0.717, 1.165) is 43.4 Å². The summed E-state index contributed by atoms with van der Waals surface area (Å²) in [6, 6.07) is 12.9. The lowest BCUT2D eigenvalue weighted by atomic mass is 9.77. The van der Waals surface area contributed by atoms with Crippen LogP contribution in [0.5, 0.6) is 0 Å². The normalized spacial score (nSPS) is 18.4. The fraction of sp³-hybridized carbons (Fsp3) is 0.579. The van der Waals surface area contributed by atoms with Crippen LogP contribution >= 0.6 is 22.7 Å². The van der Waals surface area contributed by atoms with Crippen LogP contribution in [0.4, 0.5) is 0 Å². The van der Waals surface area contributed by atoms with Crippen molar-refractivity contribution in [3.8, 4) is 20.9 Å². The summed E-state index contributed by atoms with van der Waals surface area (Å²) >= 11 is 3.13. The molecule has 5 N–H and O–H groups in total. The zero-order chi connectivity index (χ0) is 57.3. The molecule has 432 valence electrons. The Hall–Kier alpha value is -5.56. The summed E-state index contributed by atoms with van der Waals surface area (Å²) in [5, 5.41) is 29.8. The molecule has 2 aromatic carbocycles. The van der Waals surface area contributed by atoms with E-state index in [1.807, 2.05) is 104 Å². The Morgan fingerprint density at radius 3 is 1.39 bits per heavy atom. The van der Waals surface area contributed by atoms with Crippen molar-refractivity contribution in [3.63, 3.8) is 0 Å². The lowest BCUT2D eigenvalue weighted by molar-refractivity contribution is -0.146. The molecule has 79 heavy (non-hydrogen) atoms. The van der Waals surface area contributed by atoms with Gasteiger partial charge in [0.1, 0.15) is 31.3 Å². The van der Waals surface area contributed by atoms with Crippen LogP contribution in [0.3, 0.4) is 0 Å². The maximum absolute atomic E-state index is 14.0. The molecule has 6 rings (SSSR count). The van der Waals surface area contributed by atoms with Gasteiger partial charge in [-0.25, -0.2) is 9.97 Å². The largest absolute Gasteiger partial charge is 0.391 e. The molecule has 6 atom stereocenters. The van der Waals surface area contributed by atoms with Gasteiger partial charge in [0.15, 0.2) is 5.78 Å². The Balaban J connectivity index is 0.795. The number of hydrogen-bond donors (Lipinski definition) is 5. The quantitative estimate of drug-likeness (QED) is 0.0464. The first-order chi connectivity index (χ1) is 37.6. The topological polar surface area (TPSA) is 257 Å². The zero-order valence-corrected chi connectivity index (χ0v) is 48.4. The molecule has 0 spiro atoms. The van der Waals surface area contributed by atoms with E-state index >= 15 is 0 Å². The van der Waals surface area contributed by atoms with Gasteiger partial charge < -0.3 is 59.6 Å². The number of likely N-dealkylation sites (tertiary alicyclic amines) is 2. The zero-order valence-electron chi connectivity index (χ0n) is 46.7. The minimum Gasteiger partial charge on any atom is -0.391 e. The predicted octanol–water partition coefficient (Wildman–Crippen LogP) is 4.64. The third-order valence-corrected chi connectivity index (χ3v) is 15.7. The van der Waals surface area contributed by atoms with Gasteiger partial charge in [-0.3, -0.25) is 28.8 Å². The molecule has 4 aromatic rings. The first-order valence-corrected chi connectivity index (χ1v) is 28.6. The second kappa shape index (κ2) is 29.8. The van der Waals surface area contributed by atoms with E-state index in [1.165, 1.54) is 9.80 Å². The number of thiazole rings is 2. The number of rotatable bonds is 29. The Kier molecular flexibility index (Phi) is 23.6. The second-order valence-corrected chi connectivity index (χ2v) is 23.8. The molecular formula is C57H79N7O13S2. The molecule has 0 bridgehead atoms. The van der Waals surface area contributed by atoms with Crippen LogP contribution in [0.1, 0.15) is 83.3 Å². The summed E-state index contributed by atoms with van der Waals surface area (Å²) in [6.45, 7) is 16.7. The van der Waals surface area contributed by atoms with E-state index in [2.05, 4.69) is 25.9 Å². The number of β-amino-alcohol motifs (C(OH)–C–C–N with tert-alkyl or cyclic N) is 2. The maximum atomic E-state index is 14.0. The standard InChI is InChI=1S/C57H79N7O13S2/c1-36-49(78-34-60-36)40-13-9-38(10-14-40)28-58-52(69)46-26-42(65)30-63(46)54(71)45(56(3,4)5)25-44(67)32-76-23-21-74-19-17-73-18-20-75-22-24-77-33-48(68)62-51(57(6,7)8)55(72)64-31-43(66)27-47(64)53(70)59-29-39-11-15-41(16-12-39)50-37(2)61-35-79-50/h9-16,34-35,42-43,45-47,51,65-66H,17-33H2,1-8H3,(H,58,69)(H,59,70)(H,62,68)/t42-,43-,45-,46+,47+,51-/m1/s1. The molecule has 22 heteroatoms. The maximum Gasteiger partial charge on any atom is 0.246 e. The highest BCUT2D eigenvalue weighted by molar-refractivity contribution is 7.13. The van der Waals surface area contributed by atoms with Crippen molar-refractivity contribution in [1.82, 2.24) is 35.7 Å². The van der Waals surface area contributed by atoms with Crippen molar-refractivity contribution in [2.75, 3.05) is 79.2 Å².